The molecule has 0 aromatic carbocycles. The lowest BCUT2D eigenvalue weighted by Crippen LogP contribution is -2.48. The van der Waals surface area contributed by atoms with Crippen LogP contribution < -0.4 is 65.9 Å². The first-order chi connectivity index (χ1) is 28.8. The number of unbranched alkanes of at least 4 members (excludes halogenated alkanes) is 4. The molecule has 0 aromatic rings. The number of nitrogens with two attached hydrogens (primary N) is 5. The molecule has 0 aliphatic rings. The van der Waals surface area contributed by atoms with E-state index in [-0.39, 0.29) is 74.9 Å². The molecule has 17 N–H and O–H groups in total. The minimum Gasteiger partial charge on any atom is -0.368 e. The second kappa shape index (κ2) is 36.5. The van der Waals surface area contributed by atoms with Crippen LogP contribution in [0.4, 0.5) is 0 Å². The van der Waals surface area contributed by atoms with Crippen molar-refractivity contribution in [3.05, 3.63) is 0 Å². The summed E-state index contributed by atoms with van der Waals surface area (Å²) in [6, 6.07) is -3.11. The Labute approximate surface area is 356 Å². The van der Waals surface area contributed by atoms with E-state index < -0.39 is 41.9 Å². The molecule has 0 saturated carbocycles. The van der Waals surface area contributed by atoms with Crippen LogP contribution >= 0.6 is 0 Å². The smallest absolute Gasteiger partial charge is 0.242 e. The Morgan fingerprint density at radius 2 is 0.650 bits per heavy atom. The Kier molecular flexibility index (Phi) is 33.8. The lowest BCUT2D eigenvalue weighted by Gasteiger charge is -2.20. The molecular formula is C40H78N12O8. The van der Waals surface area contributed by atoms with Crippen LogP contribution in [0.25, 0.3) is 0 Å². The minimum absolute atomic E-state index is 0.0273. The molecule has 0 spiro atoms. The topological polar surface area (TPSA) is 351 Å². The lowest BCUT2D eigenvalue weighted by atomic mass is 10.1. The van der Waals surface area contributed by atoms with Gasteiger partial charge in [0.05, 0.1) is 0 Å². The largest absolute Gasteiger partial charge is 0.368 e. The molecule has 0 rings (SSSR count). The van der Waals surface area contributed by atoms with Gasteiger partial charge >= 0.3 is 0 Å². The van der Waals surface area contributed by atoms with Gasteiger partial charge in [0.1, 0.15) is 24.2 Å². The molecule has 0 radical (unpaired) electrons. The Morgan fingerprint density at radius 3 is 0.917 bits per heavy atom. The Balaban J connectivity index is 4.92. The number of carbonyl (C=O) groups is 8. The Morgan fingerprint density at radius 1 is 0.383 bits per heavy atom. The normalized spacial score (nSPS) is 12.9. The predicted octanol–water partition coefficient (Wildman–Crippen LogP) is -1.58. The van der Waals surface area contributed by atoms with Crippen molar-refractivity contribution in [3.63, 3.8) is 0 Å². The first-order valence-corrected chi connectivity index (χ1v) is 21.9. The molecule has 0 aliphatic carbocycles. The van der Waals surface area contributed by atoms with Crippen molar-refractivity contribution in [2.45, 2.75) is 160 Å². The van der Waals surface area contributed by atoms with Gasteiger partial charge < -0.3 is 65.9 Å². The van der Waals surface area contributed by atoms with Crippen LogP contribution in [0.15, 0.2) is 0 Å². The summed E-state index contributed by atoms with van der Waals surface area (Å²) in [6.07, 6.45) is 8.91. The molecule has 0 unspecified atom stereocenters. The van der Waals surface area contributed by atoms with Crippen LogP contribution in [0.2, 0.25) is 0 Å². The standard InChI is InChI=1S/C40H78N12O8/c1-2-14-33(53)50-30(16-4-8-23-42)38(58)46-27-12-20-35(55)52-32(18-6-10-25-44)40(60)48-28-13-21-36(56)51-31(17-5-9-24-43)39(59)47-26-11-19-34(54)49-29(37(45)57)15-3-7-22-41/h29-32H,2-28,41-44H2,1H3,(H2,45,57)(H,46,58)(H,47,59)(H,48,60)(H,49,54)(H,50,53)(H,51,56)(H,52,55)/t29-,30-,31-,32-/m0/s1. The molecule has 0 aromatic heterocycles. The zero-order valence-electron chi connectivity index (χ0n) is 36.1. The van der Waals surface area contributed by atoms with Crippen molar-refractivity contribution in [2.24, 2.45) is 28.7 Å². The van der Waals surface area contributed by atoms with Crippen molar-refractivity contribution in [3.8, 4) is 0 Å². The summed E-state index contributed by atoms with van der Waals surface area (Å²) in [4.78, 5) is 101. The highest BCUT2D eigenvalue weighted by atomic mass is 16.2. The summed E-state index contributed by atoms with van der Waals surface area (Å²) in [5.74, 6) is -3.05. The predicted molar refractivity (Wildman–Crippen MR) is 230 cm³/mol. The zero-order chi connectivity index (χ0) is 45.0. The van der Waals surface area contributed by atoms with E-state index in [9.17, 15) is 38.4 Å². The first-order valence-electron chi connectivity index (χ1n) is 21.9. The number of rotatable bonds is 38. The number of nitrogens with one attached hydrogen (secondary N) is 7. The van der Waals surface area contributed by atoms with Crippen molar-refractivity contribution < 1.29 is 38.4 Å². The van der Waals surface area contributed by atoms with Gasteiger partial charge in [0.2, 0.25) is 47.3 Å². The third-order valence-corrected chi connectivity index (χ3v) is 9.54. The quantitative estimate of drug-likeness (QED) is 0.0313. The highest BCUT2D eigenvalue weighted by Gasteiger charge is 2.24. The lowest BCUT2D eigenvalue weighted by molar-refractivity contribution is -0.130. The molecule has 8 amide bonds. The number of hydrogen-bond donors (Lipinski definition) is 12. The maximum absolute atomic E-state index is 13.1. The van der Waals surface area contributed by atoms with Crippen LogP contribution in [0.5, 0.6) is 0 Å². The van der Waals surface area contributed by atoms with E-state index in [0.717, 1.165) is 6.42 Å². The first kappa shape index (κ1) is 55.6. The maximum Gasteiger partial charge on any atom is 0.242 e. The van der Waals surface area contributed by atoms with Crippen molar-refractivity contribution >= 4 is 47.3 Å². The molecule has 4 atom stereocenters. The van der Waals surface area contributed by atoms with Crippen molar-refractivity contribution in [1.29, 1.82) is 0 Å². The van der Waals surface area contributed by atoms with Crippen LogP contribution in [0.1, 0.15) is 135 Å². The van der Waals surface area contributed by atoms with Gasteiger partial charge in [-0.25, -0.2) is 0 Å². The van der Waals surface area contributed by atoms with Crippen LogP contribution in [0.3, 0.4) is 0 Å². The summed E-state index contributed by atoms with van der Waals surface area (Å²) < 4.78 is 0. The van der Waals surface area contributed by atoms with Gasteiger partial charge in [-0.05, 0) is 129 Å². The molecule has 20 nitrogen and oxygen atoms in total. The molecule has 0 saturated heterocycles. The van der Waals surface area contributed by atoms with Gasteiger partial charge in [-0.3, -0.25) is 38.4 Å². The SMILES string of the molecule is CCCC(=O)N[C@@H](CCCCN)C(=O)NCCCC(=O)N[C@@H](CCCCN)C(=O)NCCCC(=O)N[C@@H](CCCCN)C(=O)NCCCC(=O)N[C@@H](CCCCN)C(N)=O. The van der Waals surface area contributed by atoms with Gasteiger partial charge in [-0.1, -0.05) is 6.92 Å². The molecule has 60 heavy (non-hydrogen) atoms. The average molecular weight is 855 g/mol. The van der Waals surface area contributed by atoms with Gasteiger partial charge in [-0.15, -0.1) is 0 Å². The maximum atomic E-state index is 13.1. The van der Waals surface area contributed by atoms with E-state index in [0.29, 0.717) is 122 Å². The van der Waals surface area contributed by atoms with E-state index in [2.05, 4.69) is 37.2 Å². The van der Waals surface area contributed by atoms with Gasteiger partial charge in [0, 0.05) is 45.3 Å². The summed E-state index contributed by atoms with van der Waals surface area (Å²) in [5, 5.41) is 19.3. The highest BCUT2D eigenvalue weighted by Crippen LogP contribution is 2.06. The molecule has 0 aliphatic heterocycles. The molecule has 20 heteroatoms. The monoisotopic (exact) mass is 855 g/mol. The van der Waals surface area contributed by atoms with Crippen molar-refractivity contribution in [2.75, 3.05) is 45.8 Å². The number of amides is 8. The fourth-order valence-electron chi connectivity index (χ4n) is 6.11. The van der Waals surface area contributed by atoms with E-state index >= 15 is 0 Å². The summed E-state index contributed by atoms with van der Waals surface area (Å²) in [5.41, 5.74) is 27.7. The zero-order valence-corrected chi connectivity index (χ0v) is 36.1. The summed E-state index contributed by atoms with van der Waals surface area (Å²) >= 11 is 0. The minimum atomic E-state index is -0.820. The van der Waals surface area contributed by atoms with Gasteiger partial charge in [0.15, 0.2) is 0 Å². The average Bonchev–Trinajstić information content (AvgIpc) is 3.21. The molecule has 0 fully saturated rings. The molecule has 0 heterocycles. The van der Waals surface area contributed by atoms with Crippen LogP contribution in [0, 0.1) is 0 Å². The molecule has 346 valence electrons. The second-order valence-electron chi connectivity index (χ2n) is 15.0. The highest BCUT2D eigenvalue weighted by molar-refractivity contribution is 5.89. The Bertz CT molecular complexity index is 1270. The summed E-state index contributed by atoms with van der Waals surface area (Å²) in [6.45, 7) is 4.23. The fraction of sp³-hybridized carbons (Fsp3) is 0.800. The van der Waals surface area contributed by atoms with Crippen LogP contribution in [-0.2, 0) is 38.4 Å². The van der Waals surface area contributed by atoms with Crippen molar-refractivity contribution in [1.82, 2.24) is 37.2 Å². The van der Waals surface area contributed by atoms with E-state index in [4.69, 9.17) is 28.7 Å². The van der Waals surface area contributed by atoms with Crippen LogP contribution in [-0.4, -0.2) is 117 Å². The van der Waals surface area contributed by atoms with E-state index in [1.165, 1.54) is 0 Å². The summed E-state index contributed by atoms with van der Waals surface area (Å²) in [7, 11) is 0. The molecular weight excluding hydrogens is 777 g/mol. The van der Waals surface area contributed by atoms with Gasteiger partial charge in [-0.2, -0.15) is 0 Å². The van der Waals surface area contributed by atoms with E-state index in [1.54, 1.807) is 0 Å². The second-order valence-corrected chi connectivity index (χ2v) is 15.0. The number of hydrogen-bond acceptors (Lipinski definition) is 12. The number of carbonyl (C=O) groups excluding carboxylic acids is 8. The Hall–Kier alpha value is -4.40. The number of primary amides is 1. The fourth-order valence-corrected chi connectivity index (χ4v) is 6.11. The third-order valence-electron chi connectivity index (χ3n) is 9.54. The molecule has 0 bridgehead atoms. The third kappa shape index (κ3) is 28.9. The van der Waals surface area contributed by atoms with Gasteiger partial charge in [0.25, 0.3) is 0 Å². The van der Waals surface area contributed by atoms with E-state index in [1.807, 2.05) is 6.92 Å².